The highest BCUT2D eigenvalue weighted by Gasteiger charge is 2.35. The van der Waals surface area contributed by atoms with E-state index in [2.05, 4.69) is 0 Å². The number of likely N-dealkylation sites (tertiary alicyclic amines) is 1. The predicted octanol–water partition coefficient (Wildman–Crippen LogP) is 0.950. The van der Waals surface area contributed by atoms with E-state index in [0.29, 0.717) is 39.5 Å². The summed E-state index contributed by atoms with van der Waals surface area (Å²) in [4.78, 5) is 15.1. The number of benzene rings is 1. The number of carbonyl (C=O) groups excluding carboxylic acids is 1. The quantitative estimate of drug-likeness (QED) is 0.605. The average Bonchev–Trinajstić information content (AvgIpc) is 3.38. The van der Waals surface area contributed by atoms with Gasteiger partial charge in [0.25, 0.3) is 5.91 Å². The molecule has 178 valence electrons. The summed E-state index contributed by atoms with van der Waals surface area (Å²) in [6.07, 6.45) is 1.30. The molecule has 3 aliphatic heterocycles. The van der Waals surface area contributed by atoms with Crippen molar-refractivity contribution in [1.29, 1.82) is 0 Å². The van der Waals surface area contributed by atoms with Crippen molar-refractivity contribution in [2.75, 3.05) is 66.8 Å². The van der Waals surface area contributed by atoms with Crippen LogP contribution in [0.3, 0.4) is 0 Å². The van der Waals surface area contributed by atoms with Crippen LogP contribution in [0.2, 0.25) is 0 Å². The van der Waals surface area contributed by atoms with Crippen molar-refractivity contribution in [1.82, 2.24) is 9.21 Å². The Morgan fingerprint density at radius 1 is 0.969 bits per heavy atom. The smallest absolute Gasteiger partial charge is 0.257 e. The molecule has 1 aromatic rings. The van der Waals surface area contributed by atoms with Crippen molar-refractivity contribution in [3.63, 3.8) is 0 Å². The zero-order chi connectivity index (χ0) is 22.7. The minimum absolute atomic E-state index is 0.00282. The first kappa shape index (κ1) is 23.2. The number of carbonyl (C=O) groups is 1. The van der Waals surface area contributed by atoms with Crippen molar-refractivity contribution in [3.8, 4) is 11.5 Å². The van der Waals surface area contributed by atoms with Crippen LogP contribution in [0.5, 0.6) is 11.5 Å². The van der Waals surface area contributed by atoms with Crippen LogP contribution < -0.4 is 9.47 Å². The van der Waals surface area contributed by atoms with Crippen LogP contribution in [0.15, 0.2) is 17.0 Å². The number of rotatable bonds is 6. The zero-order valence-corrected chi connectivity index (χ0v) is 19.3. The summed E-state index contributed by atoms with van der Waals surface area (Å²) in [5.41, 5.74) is 0.172. The van der Waals surface area contributed by atoms with Gasteiger partial charge in [0.05, 0.1) is 51.1 Å². The number of ether oxygens (including phenoxy) is 5. The fraction of sp³-hybridized carbons (Fsp3) is 0.667. The van der Waals surface area contributed by atoms with Crippen LogP contribution in [0.4, 0.5) is 0 Å². The van der Waals surface area contributed by atoms with Crippen LogP contribution >= 0.6 is 0 Å². The minimum atomic E-state index is -3.81. The maximum Gasteiger partial charge on any atom is 0.257 e. The average molecular weight is 471 g/mol. The number of piperidine rings is 1. The fourth-order valence-electron chi connectivity index (χ4n) is 4.38. The maximum absolute atomic E-state index is 13.4. The molecule has 32 heavy (non-hydrogen) atoms. The van der Waals surface area contributed by atoms with Gasteiger partial charge < -0.3 is 28.6 Å². The second-order valence-electron chi connectivity index (χ2n) is 7.96. The van der Waals surface area contributed by atoms with Crippen LogP contribution in [-0.4, -0.2) is 96.6 Å². The molecule has 0 radical (unpaired) electrons. The summed E-state index contributed by atoms with van der Waals surface area (Å²) >= 11 is 0. The Labute approximate surface area is 188 Å². The molecule has 0 bridgehead atoms. The van der Waals surface area contributed by atoms with E-state index in [0.717, 1.165) is 12.8 Å². The first-order valence-electron chi connectivity index (χ1n) is 10.8. The highest BCUT2D eigenvalue weighted by atomic mass is 32.2. The standard InChI is InChI=1S/C21H30N2O8S/c1-27-18-14-16(32(25,26)23-7-9-29-10-8-23)13-17(19(18)28-2)20(24)22-5-3-15(4-6-22)21-30-11-12-31-21/h13-15,21H,3-12H2,1-2H3. The van der Waals surface area contributed by atoms with Gasteiger partial charge in [0.15, 0.2) is 17.8 Å². The summed E-state index contributed by atoms with van der Waals surface area (Å²) in [7, 11) is -0.955. The number of amides is 1. The fourth-order valence-corrected chi connectivity index (χ4v) is 5.83. The minimum Gasteiger partial charge on any atom is -0.493 e. The lowest BCUT2D eigenvalue weighted by atomic mass is 9.95. The van der Waals surface area contributed by atoms with Crippen molar-refractivity contribution in [2.24, 2.45) is 5.92 Å². The molecule has 3 saturated heterocycles. The molecule has 1 aromatic carbocycles. The number of hydrogen-bond donors (Lipinski definition) is 0. The topological polar surface area (TPSA) is 104 Å². The molecule has 3 heterocycles. The van der Waals surface area contributed by atoms with Gasteiger partial charge in [0, 0.05) is 38.2 Å². The highest BCUT2D eigenvalue weighted by Crippen LogP contribution is 2.37. The Hall–Kier alpha value is -1.92. The van der Waals surface area contributed by atoms with Gasteiger partial charge in [-0.3, -0.25) is 4.79 Å². The van der Waals surface area contributed by atoms with Gasteiger partial charge in [0.1, 0.15) is 0 Å². The Kier molecular flexibility index (Phi) is 7.21. The predicted molar refractivity (Wildman–Crippen MR) is 113 cm³/mol. The van der Waals surface area contributed by atoms with Crippen molar-refractivity contribution in [2.45, 2.75) is 24.0 Å². The Balaban J connectivity index is 1.59. The normalized spacial score (nSPS) is 21.6. The van der Waals surface area contributed by atoms with Gasteiger partial charge in [-0.05, 0) is 18.9 Å². The Bertz CT molecular complexity index is 918. The van der Waals surface area contributed by atoms with Crippen molar-refractivity contribution in [3.05, 3.63) is 17.7 Å². The van der Waals surface area contributed by atoms with Gasteiger partial charge in [-0.1, -0.05) is 0 Å². The Morgan fingerprint density at radius 2 is 1.62 bits per heavy atom. The van der Waals surface area contributed by atoms with Gasteiger partial charge >= 0.3 is 0 Å². The summed E-state index contributed by atoms with van der Waals surface area (Å²) in [5, 5.41) is 0. The van der Waals surface area contributed by atoms with E-state index in [9.17, 15) is 13.2 Å². The highest BCUT2D eigenvalue weighted by molar-refractivity contribution is 7.89. The molecule has 4 rings (SSSR count). The molecular formula is C21H30N2O8S. The van der Waals surface area contributed by atoms with Crippen LogP contribution in [0.1, 0.15) is 23.2 Å². The van der Waals surface area contributed by atoms with Crippen LogP contribution in [0.25, 0.3) is 0 Å². The molecule has 0 saturated carbocycles. The molecule has 0 N–H and O–H groups in total. The number of hydrogen-bond acceptors (Lipinski definition) is 8. The monoisotopic (exact) mass is 470 g/mol. The molecule has 0 unspecified atom stereocenters. The largest absolute Gasteiger partial charge is 0.493 e. The number of methoxy groups -OCH3 is 2. The third-order valence-corrected chi connectivity index (χ3v) is 8.03. The molecule has 1 amide bonds. The third kappa shape index (κ3) is 4.58. The van der Waals surface area contributed by atoms with Crippen molar-refractivity contribution >= 4 is 15.9 Å². The van der Waals surface area contributed by atoms with E-state index >= 15 is 0 Å². The summed E-state index contributed by atoms with van der Waals surface area (Å²) in [5.74, 6) is 0.382. The van der Waals surface area contributed by atoms with E-state index in [4.69, 9.17) is 23.7 Å². The molecule has 3 fully saturated rings. The molecule has 0 atom stereocenters. The molecular weight excluding hydrogens is 440 g/mol. The zero-order valence-electron chi connectivity index (χ0n) is 18.4. The summed E-state index contributed by atoms with van der Waals surface area (Å²) in [6.45, 7) is 3.45. The van der Waals surface area contributed by atoms with E-state index in [-0.39, 0.29) is 53.2 Å². The molecule has 0 aromatic heterocycles. The van der Waals surface area contributed by atoms with Crippen molar-refractivity contribution < 1.29 is 36.9 Å². The lowest BCUT2D eigenvalue weighted by Gasteiger charge is -2.34. The molecule has 11 heteroatoms. The van der Waals surface area contributed by atoms with Crippen LogP contribution in [-0.2, 0) is 24.2 Å². The van der Waals surface area contributed by atoms with E-state index < -0.39 is 10.0 Å². The van der Waals surface area contributed by atoms with Gasteiger partial charge in [-0.2, -0.15) is 4.31 Å². The lowest BCUT2D eigenvalue weighted by Crippen LogP contribution is -2.42. The first-order valence-corrected chi connectivity index (χ1v) is 12.3. The molecule has 0 spiro atoms. The first-order chi connectivity index (χ1) is 15.5. The van der Waals surface area contributed by atoms with Gasteiger partial charge in [-0.15, -0.1) is 0 Å². The van der Waals surface area contributed by atoms with E-state index in [1.165, 1.54) is 30.7 Å². The summed E-state index contributed by atoms with van der Waals surface area (Å²) in [6, 6.07) is 2.80. The molecule has 10 nitrogen and oxygen atoms in total. The summed E-state index contributed by atoms with van der Waals surface area (Å²) < 4.78 is 55.1. The van der Waals surface area contributed by atoms with E-state index in [1.807, 2.05) is 0 Å². The molecule has 0 aliphatic carbocycles. The SMILES string of the molecule is COc1cc(S(=O)(=O)N2CCOCC2)cc(C(=O)N2CCC(C3OCCO3)CC2)c1OC. The second kappa shape index (κ2) is 9.92. The number of nitrogens with zero attached hydrogens (tertiary/aromatic N) is 2. The van der Waals surface area contributed by atoms with E-state index in [1.54, 1.807) is 4.90 Å². The van der Waals surface area contributed by atoms with Crippen LogP contribution in [0, 0.1) is 5.92 Å². The molecule has 3 aliphatic rings. The third-order valence-electron chi connectivity index (χ3n) is 6.15. The van der Waals surface area contributed by atoms with Gasteiger partial charge in [-0.25, -0.2) is 8.42 Å². The number of sulfonamides is 1. The number of morpholine rings is 1. The second-order valence-corrected chi connectivity index (χ2v) is 9.90. The lowest BCUT2D eigenvalue weighted by molar-refractivity contribution is -0.0956. The maximum atomic E-state index is 13.4. The van der Waals surface area contributed by atoms with Gasteiger partial charge in [0.2, 0.25) is 10.0 Å². The Morgan fingerprint density at radius 3 is 2.22 bits per heavy atom.